The quantitative estimate of drug-likeness (QED) is 0.624. The van der Waals surface area contributed by atoms with Gasteiger partial charge in [0.25, 0.3) is 5.91 Å². The number of hydrogen-bond donors (Lipinski definition) is 2. The lowest BCUT2D eigenvalue weighted by atomic mass is 10.1. The summed E-state index contributed by atoms with van der Waals surface area (Å²) in [5.74, 6) is 0.389. The fourth-order valence-corrected chi connectivity index (χ4v) is 2.57. The number of para-hydroxylation sites is 1. The summed E-state index contributed by atoms with van der Waals surface area (Å²) in [6, 6.07) is 10.6. The van der Waals surface area contributed by atoms with Gasteiger partial charge in [-0.25, -0.2) is 0 Å². The molecule has 0 atom stereocenters. The number of anilines is 1. The van der Waals surface area contributed by atoms with Crippen LogP contribution in [0.5, 0.6) is 0 Å². The smallest absolute Gasteiger partial charge is 0.253 e. The molecule has 2 aromatic rings. The highest BCUT2D eigenvalue weighted by atomic mass is 16.3. The fraction of sp³-hybridized carbons (Fsp3) is 0.400. The zero-order valence-corrected chi connectivity index (χ0v) is 14.7. The van der Waals surface area contributed by atoms with E-state index in [-0.39, 0.29) is 11.8 Å². The number of benzene rings is 1. The highest BCUT2D eigenvalue weighted by Crippen LogP contribution is 2.16. The normalized spacial score (nSPS) is 10.4. The van der Waals surface area contributed by atoms with E-state index in [1.807, 2.05) is 0 Å². The van der Waals surface area contributed by atoms with Crippen LogP contribution in [0.4, 0.5) is 5.69 Å². The molecule has 2 amide bonds. The summed E-state index contributed by atoms with van der Waals surface area (Å²) in [6.07, 6.45) is 7.54. The van der Waals surface area contributed by atoms with Gasteiger partial charge in [-0.2, -0.15) is 0 Å². The molecule has 0 unspecified atom stereocenters. The van der Waals surface area contributed by atoms with Crippen LogP contribution >= 0.6 is 0 Å². The third kappa shape index (κ3) is 6.45. The van der Waals surface area contributed by atoms with Crippen molar-refractivity contribution in [2.24, 2.45) is 0 Å². The molecule has 0 spiro atoms. The van der Waals surface area contributed by atoms with E-state index < -0.39 is 0 Å². The molecule has 0 saturated heterocycles. The highest BCUT2D eigenvalue weighted by molar-refractivity contribution is 6.03. The standard InChI is InChI=1S/C20H26N2O3/c1-2-3-4-5-6-13-19(23)22-18-12-8-7-11-17(18)20(24)21-15-16-10-9-14-25-16/h7-12,14H,2-6,13,15H2,1H3,(H,21,24)(H,22,23). The van der Waals surface area contributed by atoms with Crippen LogP contribution in [0.3, 0.4) is 0 Å². The molecule has 0 aliphatic heterocycles. The third-order valence-corrected chi connectivity index (χ3v) is 3.96. The molecule has 0 radical (unpaired) electrons. The van der Waals surface area contributed by atoms with Crippen LogP contribution in [-0.2, 0) is 11.3 Å². The Hall–Kier alpha value is -2.56. The molecule has 1 aromatic carbocycles. The van der Waals surface area contributed by atoms with Crippen LogP contribution in [-0.4, -0.2) is 11.8 Å². The number of amides is 2. The molecule has 0 bridgehead atoms. The second kappa shape index (κ2) is 10.3. The van der Waals surface area contributed by atoms with E-state index in [0.29, 0.717) is 30.0 Å². The zero-order chi connectivity index (χ0) is 17.9. The van der Waals surface area contributed by atoms with Crippen molar-refractivity contribution in [1.82, 2.24) is 5.32 Å². The SMILES string of the molecule is CCCCCCCC(=O)Nc1ccccc1C(=O)NCc1ccco1. The van der Waals surface area contributed by atoms with Gasteiger partial charge in [0.15, 0.2) is 0 Å². The average Bonchev–Trinajstić information content (AvgIpc) is 3.13. The number of carbonyl (C=O) groups excluding carboxylic acids is 2. The van der Waals surface area contributed by atoms with Gasteiger partial charge in [-0.3, -0.25) is 9.59 Å². The molecule has 0 aliphatic rings. The minimum atomic E-state index is -0.241. The maximum Gasteiger partial charge on any atom is 0.253 e. The molecule has 25 heavy (non-hydrogen) atoms. The van der Waals surface area contributed by atoms with Crippen LogP contribution in [0.25, 0.3) is 0 Å². The molecule has 5 nitrogen and oxygen atoms in total. The van der Waals surface area contributed by atoms with Crippen molar-refractivity contribution in [1.29, 1.82) is 0 Å². The van der Waals surface area contributed by atoms with Crippen molar-refractivity contribution < 1.29 is 14.0 Å². The Labute approximate surface area is 148 Å². The Balaban J connectivity index is 1.86. The summed E-state index contributed by atoms with van der Waals surface area (Å²) in [5, 5.41) is 5.65. The Morgan fingerprint density at radius 2 is 1.80 bits per heavy atom. The van der Waals surface area contributed by atoms with E-state index in [0.717, 1.165) is 19.3 Å². The van der Waals surface area contributed by atoms with Gasteiger partial charge in [0.05, 0.1) is 24.1 Å². The molecule has 5 heteroatoms. The monoisotopic (exact) mass is 342 g/mol. The molecular formula is C20H26N2O3. The molecule has 1 aromatic heterocycles. The van der Waals surface area contributed by atoms with Gasteiger partial charge in [-0.05, 0) is 30.7 Å². The van der Waals surface area contributed by atoms with E-state index in [2.05, 4.69) is 17.6 Å². The summed E-state index contributed by atoms with van der Waals surface area (Å²) in [4.78, 5) is 24.5. The first kappa shape index (κ1) is 18.8. The van der Waals surface area contributed by atoms with Crippen molar-refractivity contribution in [3.8, 4) is 0 Å². The predicted molar refractivity (Wildman–Crippen MR) is 98.3 cm³/mol. The zero-order valence-electron chi connectivity index (χ0n) is 14.7. The molecule has 134 valence electrons. The summed E-state index contributed by atoms with van der Waals surface area (Å²) < 4.78 is 5.20. The van der Waals surface area contributed by atoms with Gasteiger partial charge in [-0.1, -0.05) is 44.7 Å². The largest absolute Gasteiger partial charge is 0.467 e. The molecule has 0 fully saturated rings. The van der Waals surface area contributed by atoms with Gasteiger partial charge in [0.2, 0.25) is 5.91 Å². The number of hydrogen-bond acceptors (Lipinski definition) is 3. The van der Waals surface area contributed by atoms with Crippen LogP contribution in [0.1, 0.15) is 61.6 Å². The van der Waals surface area contributed by atoms with Gasteiger partial charge in [0, 0.05) is 6.42 Å². The lowest BCUT2D eigenvalue weighted by molar-refractivity contribution is -0.116. The minimum Gasteiger partial charge on any atom is -0.467 e. The van der Waals surface area contributed by atoms with Crippen molar-refractivity contribution in [2.45, 2.75) is 52.0 Å². The number of furan rings is 1. The summed E-state index contributed by atoms with van der Waals surface area (Å²) >= 11 is 0. The first-order valence-electron chi connectivity index (χ1n) is 8.90. The molecule has 0 saturated carbocycles. The summed E-state index contributed by atoms with van der Waals surface area (Å²) in [6.45, 7) is 2.48. The lowest BCUT2D eigenvalue weighted by Gasteiger charge is -2.11. The van der Waals surface area contributed by atoms with Crippen molar-refractivity contribution >= 4 is 17.5 Å². The third-order valence-electron chi connectivity index (χ3n) is 3.96. The first-order valence-corrected chi connectivity index (χ1v) is 8.90. The van der Waals surface area contributed by atoms with E-state index >= 15 is 0 Å². The number of nitrogens with one attached hydrogen (secondary N) is 2. The van der Waals surface area contributed by atoms with Crippen LogP contribution in [0.15, 0.2) is 47.1 Å². The van der Waals surface area contributed by atoms with Crippen LogP contribution in [0, 0.1) is 0 Å². The second-order valence-corrected chi connectivity index (χ2v) is 6.02. The first-order chi connectivity index (χ1) is 12.2. The van der Waals surface area contributed by atoms with Gasteiger partial charge in [-0.15, -0.1) is 0 Å². The van der Waals surface area contributed by atoms with Gasteiger partial charge < -0.3 is 15.1 Å². The molecule has 1 heterocycles. The predicted octanol–water partition coefficient (Wildman–Crippen LogP) is 4.51. The second-order valence-electron chi connectivity index (χ2n) is 6.02. The summed E-state index contributed by atoms with van der Waals surface area (Å²) in [5.41, 5.74) is 0.992. The Morgan fingerprint density at radius 1 is 1.00 bits per heavy atom. The maximum absolute atomic E-state index is 12.4. The lowest BCUT2D eigenvalue weighted by Crippen LogP contribution is -2.24. The molecule has 2 rings (SSSR count). The minimum absolute atomic E-state index is 0.0530. The van der Waals surface area contributed by atoms with Crippen molar-refractivity contribution in [3.63, 3.8) is 0 Å². The van der Waals surface area contributed by atoms with E-state index in [9.17, 15) is 9.59 Å². The van der Waals surface area contributed by atoms with E-state index in [4.69, 9.17) is 4.42 Å². The molecular weight excluding hydrogens is 316 g/mol. The number of unbranched alkanes of at least 4 members (excludes halogenated alkanes) is 4. The average molecular weight is 342 g/mol. The fourth-order valence-electron chi connectivity index (χ4n) is 2.57. The number of rotatable bonds is 10. The van der Waals surface area contributed by atoms with Gasteiger partial charge >= 0.3 is 0 Å². The Morgan fingerprint density at radius 3 is 2.56 bits per heavy atom. The molecule has 2 N–H and O–H groups in total. The number of carbonyl (C=O) groups is 2. The van der Waals surface area contributed by atoms with Crippen molar-refractivity contribution in [2.75, 3.05) is 5.32 Å². The molecule has 0 aliphatic carbocycles. The van der Waals surface area contributed by atoms with Crippen LogP contribution < -0.4 is 10.6 Å². The highest BCUT2D eigenvalue weighted by Gasteiger charge is 2.13. The summed E-state index contributed by atoms with van der Waals surface area (Å²) in [7, 11) is 0. The Kier molecular flexibility index (Phi) is 7.76. The topological polar surface area (TPSA) is 71.3 Å². The Bertz CT molecular complexity index is 665. The van der Waals surface area contributed by atoms with Gasteiger partial charge in [0.1, 0.15) is 5.76 Å². The van der Waals surface area contributed by atoms with Crippen molar-refractivity contribution in [3.05, 3.63) is 54.0 Å². The maximum atomic E-state index is 12.4. The van der Waals surface area contributed by atoms with E-state index in [1.54, 1.807) is 42.7 Å². The van der Waals surface area contributed by atoms with E-state index in [1.165, 1.54) is 12.8 Å². The van der Waals surface area contributed by atoms with Crippen LogP contribution in [0.2, 0.25) is 0 Å².